The number of nitrogens with zero attached hydrogens (tertiary/aromatic N) is 6. The van der Waals surface area contributed by atoms with Gasteiger partial charge in [-0.25, -0.2) is 0 Å². The highest BCUT2D eigenvalue weighted by Crippen LogP contribution is 2.37. The van der Waals surface area contributed by atoms with Crippen LogP contribution in [0.3, 0.4) is 0 Å². The number of hydrogen-bond donors (Lipinski definition) is 0. The van der Waals surface area contributed by atoms with Gasteiger partial charge in [-0.3, -0.25) is 0 Å². The molecule has 1 saturated carbocycles. The highest BCUT2D eigenvalue weighted by Gasteiger charge is 2.17. The van der Waals surface area contributed by atoms with Gasteiger partial charge < -0.3 is 66.3 Å². The summed E-state index contributed by atoms with van der Waals surface area (Å²) in [6.07, 6.45) is 35.9. The van der Waals surface area contributed by atoms with E-state index in [0.717, 1.165) is 162 Å². The number of nitriles is 6. The Morgan fingerprint density at radius 2 is 0.454 bits per heavy atom. The summed E-state index contributed by atoms with van der Waals surface area (Å²) < 4.78 is 77.2. The van der Waals surface area contributed by atoms with Crippen LogP contribution >= 0.6 is 0 Å². The van der Waals surface area contributed by atoms with E-state index >= 15 is 0 Å². The van der Waals surface area contributed by atoms with Gasteiger partial charge in [0.1, 0.15) is 0 Å². The molecule has 1 fully saturated rings. The van der Waals surface area contributed by atoms with Gasteiger partial charge in [0.2, 0.25) is 0 Å². The minimum Gasteiger partial charge on any atom is -0.493 e. The Labute approximate surface area is 780 Å². The van der Waals surface area contributed by atoms with E-state index in [9.17, 15) is 0 Å². The molecule has 130 heavy (non-hydrogen) atoms. The van der Waals surface area contributed by atoms with Crippen LogP contribution in [0.5, 0.6) is 80.5 Å². The first-order chi connectivity index (χ1) is 62.6. The summed E-state index contributed by atoms with van der Waals surface area (Å²) >= 11 is 0. The third-order valence-electron chi connectivity index (χ3n) is 19.4. The lowest BCUT2D eigenvalue weighted by Crippen LogP contribution is -2.15. The molecule has 20 nitrogen and oxygen atoms in total. The Bertz CT molecular complexity index is 4590. The predicted octanol–water partition coefficient (Wildman–Crippen LogP) is 28.9. The summed E-state index contributed by atoms with van der Waals surface area (Å²) in [5.41, 5.74) is 10.7. The number of methoxy groups -OCH3 is 7. The molecular formula is C110H146N6O14. The fourth-order valence-corrected chi connectivity index (χ4v) is 12.1. The van der Waals surface area contributed by atoms with Crippen molar-refractivity contribution in [1.29, 1.82) is 31.6 Å². The van der Waals surface area contributed by atoms with Crippen LogP contribution in [0.25, 0.3) is 42.5 Å². The van der Waals surface area contributed by atoms with E-state index in [-0.39, 0.29) is 7.43 Å². The second kappa shape index (κ2) is 71.8. The lowest BCUT2D eigenvalue weighted by molar-refractivity contribution is 0.202. The van der Waals surface area contributed by atoms with Gasteiger partial charge in [0.25, 0.3) is 0 Å². The third kappa shape index (κ3) is 48.1. The first kappa shape index (κ1) is 115. The zero-order valence-electron chi connectivity index (χ0n) is 80.4. The van der Waals surface area contributed by atoms with E-state index in [1.807, 2.05) is 164 Å². The van der Waals surface area contributed by atoms with E-state index < -0.39 is 0 Å². The second-order valence-corrected chi connectivity index (χ2v) is 30.3. The smallest absolute Gasteiger partial charge is 0.161 e. The minimum atomic E-state index is 0. The standard InChI is InChI=1S/C18H23NO2.3C16H21NO2.2C15H19NO2.C13H18O2.CH4/c1-14(12-19)10-16-8-9-17(18(11-16)20-2)21-13-15-6-4-3-5-7-15;3*1-4-5-6-9-19-15-8-7-14(10-13(2)12-17)11-16(15)18-3;2*1-4-5-8-18-14-7-6-13(9-12(2)11-16)10-15(14)17-3;1-4-6-9-15-12-8-7-11(5-2)10-13(12)14-3;/h8-11,15H,3-7,13H2,1-2H3;3*7-8,10-11H,4-6,9H2,1-3H3;2*6-7,9-10H,4-5,8H2,1-3H3;5,7-8,10H,2,4,6,9H2,1,3H3;1H4/b14-10-;3*13-10-;2*12-9-;;. The van der Waals surface area contributed by atoms with Crippen molar-refractivity contribution in [2.75, 3.05) is 96.0 Å². The number of allylic oxidation sites excluding steroid dienone is 6. The molecule has 0 atom stereocenters. The van der Waals surface area contributed by atoms with Gasteiger partial charge in [-0.15, -0.1) is 0 Å². The summed E-state index contributed by atoms with van der Waals surface area (Å²) in [7, 11) is 11.4. The molecule has 0 saturated heterocycles. The summed E-state index contributed by atoms with van der Waals surface area (Å²) in [5, 5.41) is 52.6. The van der Waals surface area contributed by atoms with Crippen LogP contribution in [-0.4, -0.2) is 96.0 Å². The zero-order chi connectivity index (χ0) is 95.2. The lowest BCUT2D eigenvalue weighted by Gasteiger charge is -2.22. The van der Waals surface area contributed by atoms with Crippen molar-refractivity contribution in [2.24, 2.45) is 5.92 Å². The topological polar surface area (TPSA) is 272 Å². The molecule has 0 radical (unpaired) electrons. The first-order valence-corrected chi connectivity index (χ1v) is 44.9. The molecule has 0 amide bonds. The second-order valence-electron chi connectivity index (χ2n) is 30.3. The Morgan fingerprint density at radius 3 is 0.638 bits per heavy atom. The molecule has 0 bridgehead atoms. The average Bonchev–Trinajstić information content (AvgIpc) is 0.792. The molecule has 1 aliphatic carbocycles. The van der Waals surface area contributed by atoms with E-state index in [1.54, 1.807) is 97.4 Å². The summed E-state index contributed by atoms with van der Waals surface area (Å²) in [4.78, 5) is 0. The quantitative estimate of drug-likeness (QED) is 0.0253. The monoisotopic (exact) mass is 1780 g/mol. The van der Waals surface area contributed by atoms with E-state index in [0.29, 0.717) is 101 Å². The molecule has 0 heterocycles. The van der Waals surface area contributed by atoms with Gasteiger partial charge in [-0.05, 0) is 259 Å². The number of unbranched alkanes of at least 4 members (excludes halogenated alkanes) is 9. The van der Waals surface area contributed by atoms with Crippen molar-refractivity contribution in [1.82, 2.24) is 0 Å². The van der Waals surface area contributed by atoms with Crippen LogP contribution in [0.4, 0.5) is 0 Å². The van der Waals surface area contributed by atoms with Crippen LogP contribution in [0.15, 0.2) is 167 Å². The molecule has 7 aromatic carbocycles. The van der Waals surface area contributed by atoms with Gasteiger partial charge in [0, 0.05) is 33.4 Å². The van der Waals surface area contributed by atoms with Crippen molar-refractivity contribution in [2.45, 2.75) is 219 Å². The predicted molar refractivity (Wildman–Crippen MR) is 532 cm³/mol. The largest absolute Gasteiger partial charge is 0.493 e. The van der Waals surface area contributed by atoms with Crippen molar-refractivity contribution in [3.63, 3.8) is 0 Å². The van der Waals surface area contributed by atoms with E-state index in [2.05, 4.69) is 84.5 Å². The molecule has 0 spiro atoms. The Hall–Kier alpha value is -13.1. The number of benzene rings is 7. The van der Waals surface area contributed by atoms with Crippen LogP contribution in [0, 0.1) is 73.9 Å². The maximum absolute atomic E-state index is 8.83. The summed E-state index contributed by atoms with van der Waals surface area (Å²) in [6.45, 7) is 32.3. The number of hydrogen-bond acceptors (Lipinski definition) is 20. The summed E-state index contributed by atoms with van der Waals surface area (Å²) in [6, 6.07) is 52.7. The molecule has 700 valence electrons. The Morgan fingerprint density at radius 1 is 0.269 bits per heavy atom. The lowest BCUT2D eigenvalue weighted by atomic mass is 9.90. The average molecular weight is 1780 g/mol. The molecule has 0 N–H and O–H groups in total. The van der Waals surface area contributed by atoms with Crippen molar-refractivity contribution >= 4 is 42.5 Å². The van der Waals surface area contributed by atoms with E-state index in [4.69, 9.17) is 97.9 Å². The first-order valence-electron chi connectivity index (χ1n) is 44.9. The third-order valence-corrected chi connectivity index (χ3v) is 19.4. The molecule has 1 aliphatic rings. The van der Waals surface area contributed by atoms with Crippen molar-refractivity contribution in [3.8, 4) is 117 Å². The number of rotatable bonds is 44. The molecule has 0 aromatic heterocycles. The SMILES string of the molecule is C.C=Cc1ccc(OCCCC)c(OC)c1.CCCCCOc1ccc(/C=C(/C)C#N)cc1OC.CCCCCOc1ccc(/C=C(/C)C#N)cc1OC.CCCCCOc1ccc(/C=C(/C)C#N)cc1OC.CCCCOc1ccc(/C=C(/C)C#N)cc1OC.CCCCOc1ccc(/C=C(/C)C#N)cc1OC.COc1cc(/C=C(/C)C#N)ccc1OCC1CCCCC1. The fourth-order valence-electron chi connectivity index (χ4n) is 12.1. The van der Waals surface area contributed by atoms with Gasteiger partial charge in [0.15, 0.2) is 80.5 Å². The van der Waals surface area contributed by atoms with Gasteiger partial charge >= 0.3 is 0 Å². The Kier molecular flexibility index (Phi) is 63.5. The number of ether oxygens (including phenoxy) is 14. The maximum atomic E-state index is 8.83. The van der Waals surface area contributed by atoms with E-state index in [1.165, 1.54) is 70.6 Å². The summed E-state index contributed by atoms with van der Waals surface area (Å²) in [5.74, 6) is 11.0. The fraction of sp³-hybridized carbons (Fsp3) is 0.436. The van der Waals surface area contributed by atoms with Gasteiger partial charge in [0.05, 0.1) is 132 Å². The zero-order valence-corrected chi connectivity index (χ0v) is 80.4. The van der Waals surface area contributed by atoms with Crippen molar-refractivity contribution < 1.29 is 66.3 Å². The van der Waals surface area contributed by atoms with Crippen LogP contribution in [0.1, 0.15) is 258 Å². The normalized spacial score (nSPS) is 11.6. The molecule has 8 rings (SSSR count). The maximum Gasteiger partial charge on any atom is 0.161 e. The van der Waals surface area contributed by atoms with Crippen LogP contribution in [0.2, 0.25) is 0 Å². The Balaban J connectivity index is 0.000000759. The highest BCUT2D eigenvalue weighted by atomic mass is 16.5. The molecule has 7 aromatic rings. The van der Waals surface area contributed by atoms with Gasteiger partial charge in [-0.1, -0.05) is 181 Å². The molecular weight excluding hydrogens is 1630 g/mol. The molecule has 0 unspecified atom stereocenters. The van der Waals surface area contributed by atoms with Crippen LogP contribution < -0.4 is 66.3 Å². The van der Waals surface area contributed by atoms with Crippen molar-refractivity contribution in [3.05, 3.63) is 206 Å². The van der Waals surface area contributed by atoms with Crippen LogP contribution in [-0.2, 0) is 0 Å². The van der Waals surface area contributed by atoms with Gasteiger partial charge in [-0.2, -0.15) is 31.6 Å². The highest BCUT2D eigenvalue weighted by molar-refractivity contribution is 5.65. The minimum absolute atomic E-state index is 0. The molecule has 20 heteroatoms. The molecule has 0 aliphatic heterocycles.